The predicted molar refractivity (Wildman–Crippen MR) is 104 cm³/mol. The Bertz CT molecular complexity index is 907. The minimum Gasteiger partial charge on any atom is -0.378 e. The molecule has 2 aromatic carbocycles. The maximum atomic E-state index is 13.3. The Morgan fingerprint density at radius 1 is 1.07 bits per heavy atom. The lowest BCUT2D eigenvalue weighted by Gasteiger charge is -2.31. The number of sulfonamides is 1. The van der Waals surface area contributed by atoms with Crippen LogP contribution in [0.15, 0.2) is 53.4 Å². The van der Waals surface area contributed by atoms with E-state index in [2.05, 4.69) is 0 Å². The summed E-state index contributed by atoms with van der Waals surface area (Å²) in [5.74, 6) is -0.224. The van der Waals surface area contributed by atoms with Crippen LogP contribution in [-0.4, -0.2) is 52.1 Å². The Morgan fingerprint density at radius 3 is 2.37 bits per heavy atom. The molecule has 27 heavy (non-hydrogen) atoms. The molecule has 0 bridgehead atoms. The van der Waals surface area contributed by atoms with Crippen LogP contribution in [-0.2, 0) is 19.6 Å². The van der Waals surface area contributed by atoms with E-state index in [0.717, 1.165) is 11.1 Å². The maximum Gasteiger partial charge on any atom is 0.264 e. The van der Waals surface area contributed by atoms with Gasteiger partial charge in [0.05, 0.1) is 23.8 Å². The fourth-order valence-electron chi connectivity index (χ4n) is 3.14. The second-order valence-electron chi connectivity index (χ2n) is 6.61. The highest BCUT2D eigenvalue weighted by atomic mass is 32.2. The molecule has 6 nitrogen and oxygen atoms in total. The minimum atomic E-state index is -3.87. The molecule has 0 aromatic heterocycles. The number of ether oxygens (including phenoxy) is 1. The number of carbonyl (C=O) groups is 1. The van der Waals surface area contributed by atoms with Crippen LogP contribution >= 0.6 is 0 Å². The quantitative estimate of drug-likeness (QED) is 0.789. The summed E-state index contributed by atoms with van der Waals surface area (Å²) in [6, 6.07) is 13.7. The normalized spacial score (nSPS) is 14.8. The highest BCUT2D eigenvalue weighted by molar-refractivity contribution is 7.92. The van der Waals surface area contributed by atoms with Crippen molar-refractivity contribution in [3.05, 3.63) is 59.7 Å². The lowest BCUT2D eigenvalue weighted by atomic mass is 10.1. The van der Waals surface area contributed by atoms with Crippen molar-refractivity contribution in [2.75, 3.05) is 37.2 Å². The topological polar surface area (TPSA) is 66.9 Å². The smallest absolute Gasteiger partial charge is 0.264 e. The van der Waals surface area contributed by atoms with Crippen molar-refractivity contribution in [3.63, 3.8) is 0 Å². The number of morpholine rings is 1. The first-order chi connectivity index (χ1) is 12.9. The van der Waals surface area contributed by atoms with Crippen LogP contribution < -0.4 is 4.31 Å². The van der Waals surface area contributed by atoms with E-state index < -0.39 is 10.0 Å². The van der Waals surface area contributed by atoms with Gasteiger partial charge in [0.2, 0.25) is 5.91 Å². The fourth-order valence-corrected chi connectivity index (χ4v) is 4.64. The maximum absolute atomic E-state index is 13.3. The molecular formula is C20H24N2O4S. The monoisotopic (exact) mass is 388 g/mol. The SMILES string of the molecule is Cc1ccc(N(CC(=O)N2CCOCC2)S(=O)(=O)c2ccccc2)c(C)c1. The first kappa shape index (κ1) is 19.4. The minimum absolute atomic E-state index is 0.166. The van der Waals surface area contributed by atoms with E-state index in [9.17, 15) is 13.2 Å². The van der Waals surface area contributed by atoms with E-state index in [4.69, 9.17) is 4.74 Å². The number of benzene rings is 2. The average molecular weight is 388 g/mol. The first-order valence-corrected chi connectivity index (χ1v) is 10.3. The molecule has 0 unspecified atom stereocenters. The third-order valence-corrected chi connectivity index (χ3v) is 6.37. The van der Waals surface area contributed by atoms with E-state index >= 15 is 0 Å². The molecule has 0 radical (unpaired) electrons. The van der Waals surface area contributed by atoms with Gasteiger partial charge in [-0.1, -0.05) is 35.9 Å². The molecule has 144 valence electrons. The van der Waals surface area contributed by atoms with Crippen molar-refractivity contribution in [1.29, 1.82) is 0 Å². The zero-order chi connectivity index (χ0) is 19.4. The van der Waals surface area contributed by atoms with Crippen molar-refractivity contribution >= 4 is 21.6 Å². The molecule has 0 N–H and O–H groups in total. The Morgan fingerprint density at radius 2 is 1.74 bits per heavy atom. The standard InChI is InChI=1S/C20H24N2O4S/c1-16-8-9-19(17(2)14-16)22(15-20(23)21-10-12-26-13-11-21)27(24,25)18-6-4-3-5-7-18/h3-9,14H,10-13,15H2,1-2H3. The summed E-state index contributed by atoms with van der Waals surface area (Å²) >= 11 is 0. The van der Waals surface area contributed by atoms with Crippen LogP contribution in [0.2, 0.25) is 0 Å². The zero-order valence-electron chi connectivity index (χ0n) is 15.6. The van der Waals surface area contributed by atoms with Crippen molar-refractivity contribution in [2.45, 2.75) is 18.7 Å². The van der Waals surface area contributed by atoms with Gasteiger partial charge in [0.25, 0.3) is 10.0 Å². The van der Waals surface area contributed by atoms with E-state index in [-0.39, 0.29) is 17.3 Å². The van der Waals surface area contributed by atoms with Gasteiger partial charge in [0.1, 0.15) is 6.54 Å². The second kappa shape index (κ2) is 8.10. The summed E-state index contributed by atoms with van der Waals surface area (Å²) < 4.78 is 33.1. The zero-order valence-corrected chi connectivity index (χ0v) is 16.4. The Balaban J connectivity index is 1.99. The summed E-state index contributed by atoms with van der Waals surface area (Å²) in [5, 5.41) is 0. The van der Waals surface area contributed by atoms with Crippen LogP contribution in [0.3, 0.4) is 0 Å². The third-order valence-electron chi connectivity index (χ3n) is 4.59. The van der Waals surface area contributed by atoms with E-state index in [1.807, 2.05) is 26.0 Å². The van der Waals surface area contributed by atoms with Gasteiger partial charge in [-0.2, -0.15) is 0 Å². The Labute approximate surface area is 160 Å². The van der Waals surface area contributed by atoms with Crippen LogP contribution in [0.4, 0.5) is 5.69 Å². The molecule has 0 spiro atoms. The molecule has 0 saturated carbocycles. The highest BCUT2D eigenvalue weighted by Gasteiger charge is 2.30. The fraction of sp³-hybridized carbons (Fsp3) is 0.350. The second-order valence-corrected chi connectivity index (χ2v) is 8.47. The molecule has 0 aliphatic carbocycles. The molecule has 1 saturated heterocycles. The van der Waals surface area contributed by atoms with E-state index in [1.165, 1.54) is 4.31 Å². The van der Waals surface area contributed by atoms with Gasteiger partial charge in [0.15, 0.2) is 0 Å². The Hall–Kier alpha value is -2.38. The largest absolute Gasteiger partial charge is 0.378 e. The molecule has 3 rings (SSSR count). The molecule has 1 aliphatic rings. The van der Waals surface area contributed by atoms with Gasteiger partial charge >= 0.3 is 0 Å². The van der Waals surface area contributed by atoms with Crippen LogP contribution in [0.5, 0.6) is 0 Å². The average Bonchev–Trinajstić information content (AvgIpc) is 2.68. The van der Waals surface area contributed by atoms with Gasteiger partial charge in [-0.05, 0) is 37.6 Å². The molecule has 1 amide bonds. The summed E-state index contributed by atoms with van der Waals surface area (Å²) in [7, 11) is -3.87. The number of amides is 1. The highest BCUT2D eigenvalue weighted by Crippen LogP contribution is 2.27. The molecule has 7 heteroatoms. The summed E-state index contributed by atoms with van der Waals surface area (Å²) in [6.45, 7) is 5.47. The third kappa shape index (κ3) is 4.31. The Kier molecular flexibility index (Phi) is 5.82. The van der Waals surface area contributed by atoms with Crippen LogP contribution in [0.1, 0.15) is 11.1 Å². The summed E-state index contributed by atoms with van der Waals surface area (Å²) in [4.78, 5) is 14.6. The van der Waals surface area contributed by atoms with Gasteiger partial charge < -0.3 is 9.64 Å². The van der Waals surface area contributed by atoms with Gasteiger partial charge in [-0.15, -0.1) is 0 Å². The number of aryl methyl sites for hydroxylation is 2. The van der Waals surface area contributed by atoms with E-state index in [1.54, 1.807) is 41.3 Å². The number of nitrogens with zero attached hydrogens (tertiary/aromatic N) is 2. The summed E-state index contributed by atoms with van der Waals surface area (Å²) in [6.07, 6.45) is 0. The number of hydrogen-bond donors (Lipinski definition) is 0. The van der Waals surface area contributed by atoms with Gasteiger partial charge in [0, 0.05) is 13.1 Å². The van der Waals surface area contributed by atoms with Crippen LogP contribution in [0.25, 0.3) is 0 Å². The molecule has 2 aromatic rings. The lowest BCUT2D eigenvalue weighted by molar-refractivity contribution is -0.133. The van der Waals surface area contributed by atoms with Crippen molar-refractivity contribution in [2.24, 2.45) is 0 Å². The number of rotatable bonds is 5. The van der Waals surface area contributed by atoms with Gasteiger partial charge in [-0.25, -0.2) is 8.42 Å². The van der Waals surface area contributed by atoms with E-state index in [0.29, 0.717) is 32.0 Å². The first-order valence-electron chi connectivity index (χ1n) is 8.90. The van der Waals surface area contributed by atoms with Crippen molar-refractivity contribution in [1.82, 2.24) is 4.90 Å². The molecule has 1 aliphatic heterocycles. The molecule has 1 heterocycles. The summed E-state index contributed by atoms with van der Waals surface area (Å²) in [5.41, 5.74) is 2.36. The molecule has 1 fully saturated rings. The number of hydrogen-bond acceptors (Lipinski definition) is 4. The number of carbonyl (C=O) groups excluding carboxylic acids is 1. The molecule has 0 atom stereocenters. The van der Waals surface area contributed by atoms with Crippen LogP contribution in [0, 0.1) is 13.8 Å². The lowest BCUT2D eigenvalue weighted by Crippen LogP contribution is -2.47. The number of anilines is 1. The van der Waals surface area contributed by atoms with Crippen molar-refractivity contribution in [3.8, 4) is 0 Å². The van der Waals surface area contributed by atoms with Crippen molar-refractivity contribution < 1.29 is 17.9 Å². The molecular weight excluding hydrogens is 364 g/mol. The van der Waals surface area contributed by atoms with Gasteiger partial charge in [-0.3, -0.25) is 9.10 Å². The predicted octanol–water partition coefficient (Wildman–Crippen LogP) is 2.36.